The molecule has 0 atom stereocenters. The van der Waals surface area contributed by atoms with Gasteiger partial charge in [-0.2, -0.15) is 0 Å². The van der Waals surface area contributed by atoms with Crippen LogP contribution < -0.4 is 10.0 Å². The van der Waals surface area contributed by atoms with Gasteiger partial charge in [-0.25, -0.2) is 8.42 Å². The molecule has 0 saturated carbocycles. The molecule has 0 radical (unpaired) electrons. The van der Waals surface area contributed by atoms with E-state index in [9.17, 15) is 8.42 Å². The molecule has 0 fully saturated rings. The summed E-state index contributed by atoms with van der Waals surface area (Å²) < 4.78 is 26.2. The topological polar surface area (TPSA) is 63.4 Å². The molecule has 20 heavy (non-hydrogen) atoms. The number of nitrogens with two attached hydrogens (primary N) is 1. The van der Waals surface area contributed by atoms with Crippen LogP contribution in [0.25, 0.3) is 0 Å². The zero-order chi connectivity index (χ0) is 14.6. The number of hydrogen-bond acceptors (Lipinski definition) is 3. The van der Waals surface area contributed by atoms with Crippen molar-refractivity contribution in [3.63, 3.8) is 0 Å². The third kappa shape index (κ3) is 3.18. The van der Waals surface area contributed by atoms with Crippen LogP contribution in [0, 0.1) is 0 Å². The Kier molecular flexibility index (Phi) is 4.42. The van der Waals surface area contributed by atoms with Gasteiger partial charge < -0.3 is 5.73 Å². The van der Waals surface area contributed by atoms with Gasteiger partial charge in [0.2, 0.25) is 10.0 Å². The highest BCUT2D eigenvalue weighted by Gasteiger charge is 2.20. The quantitative estimate of drug-likeness (QED) is 0.917. The first-order valence-electron chi connectivity index (χ1n) is 6.33. The number of hydrogen-bond donors (Lipinski definition) is 1. The second-order valence-electron chi connectivity index (χ2n) is 4.53. The molecular weight excluding hydrogens is 272 g/mol. The highest BCUT2D eigenvalue weighted by atomic mass is 32.2. The van der Waals surface area contributed by atoms with Crippen molar-refractivity contribution in [3.05, 3.63) is 65.7 Å². The van der Waals surface area contributed by atoms with Gasteiger partial charge in [-0.05, 0) is 23.3 Å². The van der Waals surface area contributed by atoms with Crippen LogP contribution in [0.15, 0.2) is 54.6 Å². The molecule has 0 heterocycles. The van der Waals surface area contributed by atoms with Gasteiger partial charge in [-0.1, -0.05) is 42.5 Å². The van der Waals surface area contributed by atoms with Gasteiger partial charge in [0.1, 0.15) is 0 Å². The molecule has 2 N–H and O–H groups in total. The fourth-order valence-corrected chi connectivity index (χ4v) is 3.30. The molecule has 0 aliphatic rings. The number of sulfonamides is 1. The van der Waals surface area contributed by atoms with Crippen LogP contribution in [-0.2, 0) is 22.3 Å². The molecule has 0 aliphatic carbocycles. The van der Waals surface area contributed by atoms with Crippen molar-refractivity contribution in [2.45, 2.75) is 12.3 Å². The van der Waals surface area contributed by atoms with Gasteiger partial charge in [0.05, 0.1) is 11.4 Å². The maximum absolute atomic E-state index is 12.5. The maximum Gasteiger partial charge on any atom is 0.239 e. The lowest BCUT2D eigenvalue weighted by Crippen LogP contribution is -2.28. The molecule has 0 aromatic heterocycles. The van der Waals surface area contributed by atoms with Gasteiger partial charge in [0.25, 0.3) is 0 Å². The molecule has 2 rings (SSSR count). The van der Waals surface area contributed by atoms with Crippen molar-refractivity contribution in [1.29, 1.82) is 0 Å². The van der Waals surface area contributed by atoms with E-state index in [-0.39, 0.29) is 5.75 Å². The number of para-hydroxylation sites is 1. The Hall–Kier alpha value is -1.85. The van der Waals surface area contributed by atoms with Gasteiger partial charge in [0.15, 0.2) is 0 Å². The first-order chi connectivity index (χ1) is 9.54. The minimum Gasteiger partial charge on any atom is -0.326 e. The van der Waals surface area contributed by atoms with E-state index in [2.05, 4.69) is 0 Å². The molecule has 0 spiro atoms. The zero-order valence-corrected chi connectivity index (χ0v) is 12.2. The summed E-state index contributed by atoms with van der Waals surface area (Å²) in [5, 5.41) is 0. The maximum atomic E-state index is 12.5. The summed E-state index contributed by atoms with van der Waals surface area (Å²) in [5.74, 6) is -0.0498. The van der Waals surface area contributed by atoms with Crippen molar-refractivity contribution in [3.8, 4) is 0 Å². The predicted molar refractivity (Wildman–Crippen MR) is 81.8 cm³/mol. The Morgan fingerprint density at radius 2 is 1.50 bits per heavy atom. The van der Waals surface area contributed by atoms with Crippen molar-refractivity contribution in [2.75, 3.05) is 11.4 Å². The summed E-state index contributed by atoms with van der Waals surface area (Å²) in [6.45, 7) is 0.334. The Morgan fingerprint density at radius 3 is 2.10 bits per heavy atom. The predicted octanol–water partition coefficient (Wildman–Crippen LogP) is 2.11. The average Bonchev–Trinajstić information content (AvgIpc) is 2.47. The number of rotatable bonds is 5. The van der Waals surface area contributed by atoms with E-state index in [4.69, 9.17) is 5.73 Å². The smallest absolute Gasteiger partial charge is 0.239 e. The van der Waals surface area contributed by atoms with Crippen LogP contribution in [0.4, 0.5) is 5.69 Å². The van der Waals surface area contributed by atoms with Crippen molar-refractivity contribution in [2.24, 2.45) is 5.73 Å². The highest BCUT2D eigenvalue weighted by molar-refractivity contribution is 7.92. The van der Waals surface area contributed by atoms with Crippen molar-refractivity contribution in [1.82, 2.24) is 0 Å². The molecule has 4 nitrogen and oxygen atoms in total. The van der Waals surface area contributed by atoms with E-state index in [0.29, 0.717) is 12.2 Å². The van der Waals surface area contributed by atoms with Crippen LogP contribution in [-0.4, -0.2) is 15.5 Å². The lowest BCUT2D eigenvalue weighted by molar-refractivity contribution is 0.593. The van der Waals surface area contributed by atoms with E-state index in [1.807, 2.05) is 36.4 Å². The lowest BCUT2D eigenvalue weighted by Gasteiger charge is -2.20. The Morgan fingerprint density at radius 1 is 0.950 bits per heavy atom. The van der Waals surface area contributed by atoms with Gasteiger partial charge in [-0.3, -0.25) is 4.31 Å². The number of nitrogens with zero attached hydrogens (tertiary/aromatic N) is 1. The third-order valence-electron chi connectivity index (χ3n) is 3.21. The number of anilines is 1. The fraction of sp³-hybridized carbons (Fsp3) is 0.200. The molecule has 0 unspecified atom stereocenters. The molecule has 0 saturated heterocycles. The SMILES string of the molecule is CN(c1ccccc1)S(=O)(=O)Cc1ccccc1CN. The molecule has 2 aromatic carbocycles. The largest absolute Gasteiger partial charge is 0.326 e. The normalized spacial score (nSPS) is 11.3. The second kappa shape index (κ2) is 6.07. The number of benzene rings is 2. The molecule has 106 valence electrons. The summed E-state index contributed by atoms with van der Waals surface area (Å²) >= 11 is 0. The minimum absolute atomic E-state index is 0.0498. The third-order valence-corrected chi connectivity index (χ3v) is 4.93. The Labute approximate surface area is 119 Å². The van der Waals surface area contributed by atoms with Crippen LogP contribution in [0.3, 0.4) is 0 Å². The van der Waals surface area contributed by atoms with Crippen LogP contribution in [0.1, 0.15) is 11.1 Å². The lowest BCUT2D eigenvalue weighted by atomic mass is 10.1. The second-order valence-corrected chi connectivity index (χ2v) is 6.53. The van der Waals surface area contributed by atoms with E-state index in [1.165, 1.54) is 4.31 Å². The van der Waals surface area contributed by atoms with Crippen LogP contribution in [0.2, 0.25) is 0 Å². The average molecular weight is 290 g/mol. The van der Waals surface area contributed by atoms with Crippen LogP contribution >= 0.6 is 0 Å². The van der Waals surface area contributed by atoms with E-state index in [0.717, 1.165) is 11.1 Å². The van der Waals surface area contributed by atoms with Crippen molar-refractivity contribution >= 4 is 15.7 Å². The highest BCUT2D eigenvalue weighted by Crippen LogP contribution is 2.20. The van der Waals surface area contributed by atoms with E-state index in [1.54, 1.807) is 25.2 Å². The standard InChI is InChI=1S/C15H18N2O2S/c1-17(15-9-3-2-4-10-15)20(18,19)12-14-8-6-5-7-13(14)11-16/h2-10H,11-12,16H2,1H3. The van der Waals surface area contributed by atoms with E-state index >= 15 is 0 Å². The molecule has 2 aromatic rings. The van der Waals surface area contributed by atoms with Crippen molar-refractivity contribution < 1.29 is 8.42 Å². The summed E-state index contributed by atoms with van der Waals surface area (Å²) in [6.07, 6.45) is 0. The molecular formula is C15H18N2O2S. The molecule has 0 amide bonds. The molecule has 0 bridgehead atoms. The fourth-order valence-electron chi connectivity index (χ4n) is 1.99. The Balaban J connectivity index is 2.28. The monoisotopic (exact) mass is 290 g/mol. The summed E-state index contributed by atoms with van der Waals surface area (Å²) in [4.78, 5) is 0. The van der Waals surface area contributed by atoms with E-state index < -0.39 is 10.0 Å². The van der Waals surface area contributed by atoms with Gasteiger partial charge >= 0.3 is 0 Å². The summed E-state index contributed by atoms with van der Waals surface area (Å²) in [7, 11) is -1.86. The Bertz CT molecular complexity index is 669. The first kappa shape index (κ1) is 14.6. The molecule has 0 aliphatic heterocycles. The first-order valence-corrected chi connectivity index (χ1v) is 7.94. The zero-order valence-electron chi connectivity index (χ0n) is 11.4. The summed E-state index contributed by atoms with van der Waals surface area (Å²) in [5.41, 5.74) is 7.91. The van der Waals surface area contributed by atoms with Gasteiger partial charge in [-0.15, -0.1) is 0 Å². The minimum atomic E-state index is -3.42. The molecule has 5 heteroatoms. The van der Waals surface area contributed by atoms with Gasteiger partial charge in [0, 0.05) is 13.6 Å². The van der Waals surface area contributed by atoms with Crippen LogP contribution in [0.5, 0.6) is 0 Å². The summed E-state index contributed by atoms with van der Waals surface area (Å²) in [6, 6.07) is 16.4.